The smallest absolute Gasteiger partial charge is 0.0521 e. The molecule has 1 nitrogen and oxygen atoms in total. The Morgan fingerprint density at radius 3 is 3.00 bits per heavy atom. The Bertz CT molecular complexity index is 186. The first-order valence-corrected chi connectivity index (χ1v) is 4.73. The number of thioether (sulfide) groups is 1. The summed E-state index contributed by atoms with van der Waals surface area (Å²) >= 11 is 1.73. The van der Waals surface area contributed by atoms with E-state index in [9.17, 15) is 0 Å². The van der Waals surface area contributed by atoms with Crippen LogP contribution < -0.4 is 0 Å². The third-order valence-corrected chi connectivity index (χ3v) is 2.25. The van der Waals surface area contributed by atoms with Gasteiger partial charge in [0.25, 0.3) is 0 Å². The monoisotopic (exact) mass is 167 g/mol. The molecule has 0 bridgehead atoms. The molecule has 0 spiro atoms. The normalized spacial score (nSPS) is 9.91. The summed E-state index contributed by atoms with van der Waals surface area (Å²) in [4.78, 5) is 0. The van der Waals surface area contributed by atoms with Crippen LogP contribution in [-0.2, 0) is 5.75 Å². The first-order valence-electron chi connectivity index (χ1n) is 3.57. The van der Waals surface area contributed by atoms with Crippen molar-refractivity contribution >= 4 is 11.8 Å². The van der Waals surface area contributed by atoms with E-state index in [2.05, 4.69) is 6.07 Å². The molecule has 0 aliphatic heterocycles. The Kier molecular flexibility index (Phi) is 4.09. The second-order valence-electron chi connectivity index (χ2n) is 2.16. The van der Waals surface area contributed by atoms with Crippen LogP contribution in [0.15, 0.2) is 24.3 Å². The number of aliphatic hydroxyl groups is 1. The molecule has 0 heterocycles. The second-order valence-corrected chi connectivity index (χ2v) is 3.27. The van der Waals surface area contributed by atoms with E-state index in [1.165, 1.54) is 5.56 Å². The second kappa shape index (κ2) is 5.22. The van der Waals surface area contributed by atoms with Crippen molar-refractivity contribution in [2.45, 2.75) is 5.75 Å². The Labute approximate surface area is 71.4 Å². The first-order chi connectivity index (χ1) is 5.43. The molecule has 0 aliphatic rings. The van der Waals surface area contributed by atoms with Crippen molar-refractivity contribution in [3.05, 3.63) is 35.9 Å². The van der Waals surface area contributed by atoms with E-state index < -0.39 is 0 Å². The van der Waals surface area contributed by atoms with Crippen LogP contribution in [0.4, 0.5) is 0 Å². The summed E-state index contributed by atoms with van der Waals surface area (Å²) in [6.07, 6.45) is 0. The maximum absolute atomic E-state index is 8.51. The minimum Gasteiger partial charge on any atom is -0.396 e. The molecule has 59 valence electrons. The zero-order chi connectivity index (χ0) is 7.94. The Morgan fingerprint density at radius 2 is 2.36 bits per heavy atom. The van der Waals surface area contributed by atoms with Gasteiger partial charge in [0.15, 0.2) is 0 Å². The SMILES string of the molecule is OCCSCc1[c]cccc1. The lowest BCUT2D eigenvalue weighted by atomic mass is 10.2. The van der Waals surface area contributed by atoms with Crippen LogP contribution >= 0.6 is 11.8 Å². The van der Waals surface area contributed by atoms with E-state index in [0.29, 0.717) is 0 Å². The van der Waals surface area contributed by atoms with E-state index in [1.807, 2.05) is 24.3 Å². The molecule has 1 aromatic carbocycles. The van der Waals surface area contributed by atoms with Crippen molar-refractivity contribution in [1.82, 2.24) is 0 Å². The summed E-state index contributed by atoms with van der Waals surface area (Å²) in [5.74, 6) is 1.75. The summed E-state index contributed by atoms with van der Waals surface area (Å²) in [5.41, 5.74) is 1.20. The zero-order valence-corrected chi connectivity index (χ0v) is 7.10. The average molecular weight is 167 g/mol. The Morgan fingerprint density at radius 1 is 1.45 bits per heavy atom. The van der Waals surface area contributed by atoms with E-state index in [-0.39, 0.29) is 6.61 Å². The van der Waals surface area contributed by atoms with Gasteiger partial charge in [0.2, 0.25) is 0 Å². The molecule has 0 atom stereocenters. The van der Waals surface area contributed by atoms with Crippen molar-refractivity contribution in [3.8, 4) is 0 Å². The summed E-state index contributed by atoms with van der Waals surface area (Å²) < 4.78 is 0. The molecule has 0 unspecified atom stereocenters. The molecule has 0 amide bonds. The molecule has 0 aromatic heterocycles. The van der Waals surface area contributed by atoms with E-state index in [1.54, 1.807) is 11.8 Å². The highest BCUT2D eigenvalue weighted by Crippen LogP contribution is 2.09. The minimum absolute atomic E-state index is 0.261. The van der Waals surface area contributed by atoms with Gasteiger partial charge in [-0.3, -0.25) is 0 Å². The van der Waals surface area contributed by atoms with Gasteiger partial charge in [0.05, 0.1) is 6.61 Å². The number of aliphatic hydroxyl groups excluding tert-OH is 1. The van der Waals surface area contributed by atoms with E-state index in [0.717, 1.165) is 11.5 Å². The first kappa shape index (κ1) is 8.62. The quantitative estimate of drug-likeness (QED) is 0.689. The third kappa shape index (κ3) is 3.44. The number of rotatable bonds is 4. The van der Waals surface area contributed by atoms with Crippen molar-refractivity contribution < 1.29 is 5.11 Å². The fourth-order valence-corrected chi connectivity index (χ4v) is 1.44. The third-order valence-electron chi connectivity index (χ3n) is 1.27. The molecule has 0 saturated carbocycles. The van der Waals surface area contributed by atoms with Gasteiger partial charge >= 0.3 is 0 Å². The van der Waals surface area contributed by atoms with Crippen LogP contribution in [0.25, 0.3) is 0 Å². The number of hydrogen-bond acceptors (Lipinski definition) is 2. The standard InChI is InChI=1S/C9H11OS/c10-6-7-11-8-9-4-2-1-3-5-9/h1-4,10H,6-8H2. The lowest BCUT2D eigenvalue weighted by Crippen LogP contribution is -1.87. The molecule has 0 fully saturated rings. The van der Waals surface area contributed by atoms with Gasteiger partial charge in [-0.15, -0.1) is 0 Å². The molecule has 1 N–H and O–H groups in total. The highest BCUT2D eigenvalue weighted by atomic mass is 32.2. The molecule has 11 heavy (non-hydrogen) atoms. The van der Waals surface area contributed by atoms with Gasteiger partial charge < -0.3 is 5.11 Å². The predicted molar refractivity (Wildman–Crippen MR) is 48.5 cm³/mol. The molecule has 2 heteroatoms. The molecule has 1 aromatic rings. The van der Waals surface area contributed by atoms with Crippen LogP contribution in [0.5, 0.6) is 0 Å². The maximum atomic E-state index is 8.51. The summed E-state index contributed by atoms with van der Waals surface area (Å²) in [6, 6.07) is 11.0. The average Bonchev–Trinajstić information content (AvgIpc) is 2.07. The van der Waals surface area contributed by atoms with Gasteiger partial charge in [0.1, 0.15) is 0 Å². The highest BCUT2D eigenvalue weighted by Gasteiger charge is 1.90. The Hall–Kier alpha value is -0.470. The van der Waals surface area contributed by atoms with Crippen molar-refractivity contribution in [1.29, 1.82) is 0 Å². The van der Waals surface area contributed by atoms with Crippen molar-refractivity contribution in [2.75, 3.05) is 12.4 Å². The molecule has 0 aliphatic carbocycles. The zero-order valence-electron chi connectivity index (χ0n) is 6.29. The Balaban J connectivity index is 2.28. The summed E-state index contributed by atoms with van der Waals surface area (Å²) in [5, 5.41) is 8.51. The highest BCUT2D eigenvalue weighted by molar-refractivity contribution is 7.98. The van der Waals surface area contributed by atoms with Crippen LogP contribution in [0.3, 0.4) is 0 Å². The molecular formula is C9H11OS. The fraction of sp³-hybridized carbons (Fsp3) is 0.333. The largest absolute Gasteiger partial charge is 0.396 e. The van der Waals surface area contributed by atoms with Crippen LogP contribution in [0, 0.1) is 6.07 Å². The van der Waals surface area contributed by atoms with Crippen molar-refractivity contribution in [3.63, 3.8) is 0 Å². The molecule has 1 radical (unpaired) electrons. The van der Waals surface area contributed by atoms with Crippen LogP contribution in [0.2, 0.25) is 0 Å². The molecule has 1 rings (SSSR count). The minimum atomic E-state index is 0.261. The van der Waals surface area contributed by atoms with Crippen molar-refractivity contribution in [2.24, 2.45) is 0 Å². The lowest BCUT2D eigenvalue weighted by molar-refractivity contribution is 0.322. The fourth-order valence-electron chi connectivity index (χ4n) is 0.767. The van der Waals surface area contributed by atoms with Gasteiger partial charge in [-0.1, -0.05) is 24.3 Å². The molecule has 0 saturated heterocycles. The van der Waals surface area contributed by atoms with Gasteiger partial charge in [0, 0.05) is 11.5 Å². The van der Waals surface area contributed by atoms with Gasteiger partial charge in [-0.25, -0.2) is 0 Å². The maximum Gasteiger partial charge on any atom is 0.0521 e. The van der Waals surface area contributed by atoms with Gasteiger partial charge in [-0.05, 0) is 11.6 Å². The van der Waals surface area contributed by atoms with E-state index >= 15 is 0 Å². The molecular weight excluding hydrogens is 156 g/mol. The number of benzene rings is 1. The lowest BCUT2D eigenvalue weighted by Gasteiger charge is -1.97. The van der Waals surface area contributed by atoms with Gasteiger partial charge in [-0.2, -0.15) is 11.8 Å². The van der Waals surface area contributed by atoms with Crippen LogP contribution in [0.1, 0.15) is 5.56 Å². The predicted octanol–water partition coefficient (Wildman–Crippen LogP) is 1.71. The van der Waals surface area contributed by atoms with E-state index in [4.69, 9.17) is 5.11 Å². The summed E-state index contributed by atoms with van der Waals surface area (Å²) in [6.45, 7) is 0.261. The topological polar surface area (TPSA) is 20.2 Å². The number of hydrogen-bond donors (Lipinski definition) is 1. The summed E-state index contributed by atoms with van der Waals surface area (Å²) in [7, 11) is 0. The van der Waals surface area contributed by atoms with Crippen LogP contribution in [-0.4, -0.2) is 17.5 Å².